The molecule has 0 saturated heterocycles. The topological polar surface area (TPSA) is 90.2 Å². The molecule has 1 aromatic heterocycles. The molecule has 0 aliphatic carbocycles. The summed E-state index contributed by atoms with van der Waals surface area (Å²) in [6.07, 6.45) is 3.64. The van der Waals surface area contributed by atoms with Crippen molar-refractivity contribution < 1.29 is 14.1 Å². The van der Waals surface area contributed by atoms with Gasteiger partial charge in [0, 0.05) is 12.6 Å². The minimum atomic E-state index is -0.835. The van der Waals surface area contributed by atoms with Gasteiger partial charge in [0.1, 0.15) is 5.82 Å². The molecular formula is C13H13FN4O3. The van der Waals surface area contributed by atoms with Crippen molar-refractivity contribution in [1.82, 2.24) is 9.97 Å². The smallest absolute Gasteiger partial charge is 0.314 e. The standard InChI is InChI=1S/C13H13FN4O3/c1-2-6-16-11-7-15-8-12(17-11)21-13-9(14)4-3-5-10(13)18(19)20/h3-5,7-8H,2,6H2,1H3,(H,16,17). The molecule has 21 heavy (non-hydrogen) atoms. The van der Waals surface area contributed by atoms with Crippen LogP contribution < -0.4 is 10.1 Å². The molecule has 1 aromatic carbocycles. The second-order valence-corrected chi connectivity index (χ2v) is 4.12. The Labute approximate surface area is 120 Å². The third kappa shape index (κ3) is 3.62. The number of benzene rings is 1. The number of nitro groups is 1. The van der Waals surface area contributed by atoms with Gasteiger partial charge < -0.3 is 10.1 Å². The molecule has 7 nitrogen and oxygen atoms in total. The molecule has 0 unspecified atom stereocenters. The van der Waals surface area contributed by atoms with Gasteiger partial charge in [0.2, 0.25) is 11.6 Å². The second kappa shape index (κ2) is 6.60. The molecule has 1 heterocycles. The molecule has 0 saturated carbocycles. The van der Waals surface area contributed by atoms with E-state index in [1.54, 1.807) is 0 Å². The highest BCUT2D eigenvalue weighted by Crippen LogP contribution is 2.33. The SMILES string of the molecule is CCCNc1cncc(Oc2c(F)cccc2[N+](=O)[O-])n1. The van der Waals surface area contributed by atoms with E-state index >= 15 is 0 Å². The van der Waals surface area contributed by atoms with Gasteiger partial charge in [-0.2, -0.15) is 4.98 Å². The van der Waals surface area contributed by atoms with Crippen LogP contribution in [-0.2, 0) is 0 Å². The van der Waals surface area contributed by atoms with Crippen LogP contribution >= 0.6 is 0 Å². The predicted octanol–water partition coefficient (Wildman–Crippen LogP) is 3.14. The Morgan fingerprint density at radius 1 is 1.43 bits per heavy atom. The molecule has 0 fully saturated rings. The van der Waals surface area contributed by atoms with Crippen LogP contribution in [0.5, 0.6) is 11.6 Å². The van der Waals surface area contributed by atoms with E-state index in [1.807, 2.05) is 6.92 Å². The molecule has 2 rings (SSSR count). The molecule has 0 radical (unpaired) electrons. The first-order valence-electron chi connectivity index (χ1n) is 6.28. The highest BCUT2D eigenvalue weighted by atomic mass is 19.1. The van der Waals surface area contributed by atoms with Crippen LogP contribution in [0.1, 0.15) is 13.3 Å². The first-order chi connectivity index (χ1) is 10.1. The number of rotatable bonds is 6. The average Bonchev–Trinajstić information content (AvgIpc) is 2.47. The predicted molar refractivity (Wildman–Crippen MR) is 73.9 cm³/mol. The van der Waals surface area contributed by atoms with E-state index in [-0.39, 0.29) is 5.88 Å². The molecule has 8 heteroatoms. The fourth-order valence-electron chi connectivity index (χ4n) is 1.58. The van der Waals surface area contributed by atoms with Gasteiger partial charge in [-0.3, -0.25) is 15.1 Å². The number of halogens is 1. The van der Waals surface area contributed by atoms with E-state index in [2.05, 4.69) is 15.3 Å². The molecule has 0 atom stereocenters. The normalized spacial score (nSPS) is 10.2. The van der Waals surface area contributed by atoms with Crippen molar-refractivity contribution in [2.24, 2.45) is 0 Å². The number of ether oxygens (including phenoxy) is 1. The Bertz CT molecular complexity index is 651. The Kier molecular flexibility index (Phi) is 4.60. The van der Waals surface area contributed by atoms with Gasteiger partial charge in [0.05, 0.1) is 17.3 Å². The monoisotopic (exact) mass is 292 g/mol. The van der Waals surface area contributed by atoms with Gasteiger partial charge in [-0.05, 0) is 12.5 Å². The maximum absolute atomic E-state index is 13.7. The third-order valence-corrected chi connectivity index (χ3v) is 2.52. The molecular weight excluding hydrogens is 279 g/mol. The number of hydrogen-bond donors (Lipinski definition) is 1. The van der Waals surface area contributed by atoms with Crippen molar-refractivity contribution in [3.8, 4) is 11.6 Å². The Morgan fingerprint density at radius 3 is 2.95 bits per heavy atom. The largest absolute Gasteiger partial charge is 0.427 e. The first kappa shape index (κ1) is 14.6. The summed E-state index contributed by atoms with van der Waals surface area (Å²) in [5.74, 6) is -0.889. The summed E-state index contributed by atoms with van der Waals surface area (Å²) in [7, 11) is 0. The van der Waals surface area contributed by atoms with E-state index < -0.39 is 22.2 Å². The molecule has 0 aliphatic heterocycles. The molecule has 0 aliphatic rings. The lowest BCUT2D eigenvalue weighted by Crippen LogP contribution is -2.03. The van der Waals surface area contributed by atoms with Crippen LogP contribution in [0.15, 0.2) is 30.6 Å². The van der Waals surface area contributed by atoms with Crippen LogP contribution in [0.25, 0.3) is 0 Å². The lowest BCUT2D eigenvalue weighted by Gasteiger charge is -2.08. The maximum atomic E-state index is 13.7. The fourth-order valence-corrected chi connectivity index (χ4v) is 1.58. The van der Waals surface area contributed by atoms with Gasteiger partial charge in [-0.25, -0.2) is 4.39 Å². The Hall–Kier alpha value is -2.77. The van der Waals surface area contributed by atoms with Gasteiger partial charge in [0.15, 0.2) is 5.82 Å². The van der Waals surface area contributed by atoms with Crippen LogP contribution in [0.3, 0.4) is 0 Å². The lowest BCUT2D eigenvalue weighted by atomic mass is 10.3. The zero-order valence-electron chi connectivity index (χ0n) is 11.2. The number of nitrogens with one attached hydrogen (secondary N) is 1. The van der Waals surface area contributed by atoms with Crippen molar-refractivity contribution in [2.75, 3.05) is 11.9 Å². The quantitative estimate of drug-likeness (QED) is 0.649. The molecule has 0 bridgehead atoms. The minimum Gasteiger partial charge on any atom is -0.427 e. The summed E-state index contributed by atoms with van der Waals surface area (Å²) >= 11 is 0. The number of nitro benzene ring substituents is 1. The number of hydrogen-bond acceptors (Lipinski definition) is 6. The van der Waals surface area contributed by atoms with E-state index in [4.69, 9.17) is 4.74 Å². The summed E-state index contributed by atoms with van der Waals surface area (Å²) in [6.45, 7) is 2.68. The zero-order valence-corrected chi connectivity index (χ0v) is 11.2. The minimum absolute atomic E-state index is 0.0238. The summed E-state index contributed by atoms with van der Waals surface area (Å²) in [5.41, 5.74) is -0.469. The van der Waals surface area contributed by atoms with E-state index in [0.717, 1.165) is 18.6 Å². The Balaban J connectivity index is 2.28. The highest BCUT2D eigenvalue weighted by Gasteiger charge is 2.20. The molecule has 110 valence electrons. The highest BCUT2D eigenvalue weighted by molar-refractivity contribution is 5.48. The van der Waals surface area contributed by atoms with Crippen LogP contribution in [0.4, 0.5) is 15.9 Å². The van der Waals surface area contributed by atoms with E-state index in [9.17, 15) is 14.5 Å². The summed E-state index contributed by atoms with van der Waals surface area (Å²) in [4.78, 5) is 18.1. The van der Waals surface area contributed by atoms with Gasteiger partial charge in [0.25, 0.3) is 0 Å². The molecule has 1 N–H and O–H groups in total. The van der Waals surface area contributed by atoms with Gasteiger partial charge in [-0.15, -0.1) is 0 Å². The average molecular weight is 292 g/mol. The van der Waals surface area contributed by atoms with E-state index in [1.165, 1.54) is 18.5 Å². The maximum Gasteiger partial charge on any atom is 0.314 e. The van der Waals surface area contributed by atoms with Crippen LogP contribution in [-0.4, -0.2) is 21.4 Å². The van der Waals surface area contributed by atoms with Crippen molar-refractivity contribution >= 4 is 11.5 Å². The van der Waals surface area contributed by atoms with Gasteiger partial charge >= 0.3 is 5.69 Å². The Morgan fingerprint density at radius 2 is 2.24 bits per heavy atom. The number of nitrogens with zero attached hydrogens (tertiary/aromatic N) is 3. The van der Waals surface area contributed by atoms with Crippen molar-refractivity contribution in [3.05, 3.63) is 46.5 Å². The number of anilines is 1. The summed E-state index contributed by atoms with van der Waals surface area (Å²) in [6, 6.07) is 3.48. The van der Waals surface area contributed by atoms with Gasteiger partial charge in [-0.1, -0.05) is 13.0 Å². The van der Waals surface area contributed by atoms with Crippen LogP contribution in [0.2, 0.25) is 0 Å². The van der Waals surface area contributed by atoms with E-state index in [0.29, 0.717) is 12.4 Å². The fraction of sp³-hybridized carbons (Fsp3) is 0.231. The van der Waals surface area contributed by atoms with Crippen molar-refractivity contribution in [3.63, 3.8) is 0 Å². The molecule has 0 spiro atoms. The second-order valence-electron chi connectivity index (χ2n) is 4.12. The number of para-hydroxylation sites is 1. The third-order valence-electron chi connectivity index (χ3n) is 2.52. The summed E-state index contributed by atoms with van der Waals surface area (Å²) < 4.78 is 18.9. The summed E-state index contributed by atoms with van der Waals surface area (Å²) in [5, 5.41) is 13.9. The lowest BCUT2D eigenvalue weighted by molar-refractivity contribution is -0.385. The first-order valence-corrected chi connectivity index (χ1v) is 6.28. The van der Waals surface area contributed by atoms with Crippen molar-refractivity contribution in [2.45, 2.75) is 13.3 Å². The van der Waals surface area contributed by atoms with Crippen LogP contribution in [0, 0.1) is 15.9 Å². The zero-order chi connectivity index (χ0) is 15.2. The number of aromatic nitrogens is 2. The molecule has 0 amide bonds. The molecule has 2 aromatic rings. The van der Waals surface area contributed by atoms with Crippen molar-refractivity contribution in [1.29, 1.82) is 0 Å².